The third-order valence-electron chi connectivity index (χ3n) is 4.05. The SMILES string of the molecule is CCc1ccc(C(=O)N2C[C@@H](Cc3cc(C)no3)[C@H](O)C2)s1. The van der Waals surface area contributed by atoms with Gasteiger partial charge >= 0.3 is 0 Å². The van der Waals surface area contributed by atoms with Crippen molar-refractivity contribution < 1.29 is 14.4 Å². The number of aryl methyl sites for hydroxylation is 2. The Labute approximate surface area is 133 Å². The average Bonchev–Trinajstić information content (AvgIpc) is 3.20. The number of aromatic nitrogens is 1. The van der Waals surface area contributed by atoms with Crippen LogP contribution in [0.15, 0.2) is 22.7 Å². The second-order valence-electron chi connectivity index (χ2n) is 5.80. The van der Waals surface area contributed by atoms with Crippen molar-refractivity contribution in [3.8, 4) is 0 Å². The van der Waals surface area contributed by atoms with Gasteiger partial charge in [-0.1, -0.05) is 12.1 Å². The second kappa shape index (κ2) is 6.22. The van der Waals surface area contributed by atoms with Gasteiger partial charge in [-0.05, 0) is 25.5 Å². The molecule has 1 amide bonds. The minimum atomic E-state index is -0.514. The number of aliphatic hydroxyl groups excluding tert-OH is 1. The maximum Gasteiger partial charge on any atom is 0.264 e. The number of likely N-dealkylation sites (tertiary alicyclic amines) is 1. The van der Waals surface area contributed by atoms with Crippen molar-refractivity contribution in [1.29, 1.82) is 0 Å². The predicted molar refractivity (Wildman–Crippen MR) is 84.0 cm³/mol. The summed E-state index contributed by atoms with van der Waals surface area (Å²) in [5, 5.41) is 14.1. The van der Waals surface area contributed by atoms with Crippen molar-refractivity contribution in [3.63, 3.8) is 0 Å². The van der Waals surface area contributed by atoms with E-state index in [0.29, 0.717) is 19.5 Å². The highest BCUT2D eigenvalue weighted by Crippen LogP contribution is 2.26. The molecule has 2 aromatic rings. The van der Waals surface area contributed by atoms with Crippen molar-refractivity contribution in [1.82, 2.24) is 10.1 Å². The molecule has 1 aliphatic heterocycles. The fraction of sp³-hybridized carbons (Fsp3) is 0.500. The maximum atomic E-state index is 12.5. The lowest BCUT2D eigenvalue weighted by molar-refractivity contribution is 0.0769. The maximum absolute atomic E-state index is 12.5. The summed E-state index contributed by atoms with van der Waals surface area (Å²) in [5.41, 5.74) is 0.834. The summed E-state index contributed by atoms with van der Waals surface area (Å²) in [5.74, 6) is 0.780. The van der Waals surface area contributed by atoms with E-state index in [1.807, 2.05) is 25.1 Å². The molecule has 3 heterocycles. The summed E-state index contributed by atoms with van der Waals surface area (Å²) in [6.07, 6.45) is 1.03. The zero-order chi connectivity index (χ0) is 15.7. The molecule has 118 valence electrons. The van der Waals surface area contributed by atoms with Crippen LogP contribution in [0.5, 0.6) is 0 Å². The summed E-state index contributed by atoms with van der Waals surface area (Å²) in [4.78, 5) is 16.2. The van der Waals surface area contributed by atoms with E-state index in [1.54, 1.807) is 4.90 Å². The van der Waals surface area contributed by atoms with Gasteiger partial charge < -0.3 is 14.5 Å². The standard InChI is InChI=1S/C16H20N2O3S/c1-3-13-4-5-15(22-13)16(20)18-8-11(14(19)9-18)7-12-6-10(2)17-21-12/h4-6,11,14,19H,3,7-9H2,1-2H3/t11-,14-/m1/s1. The Morgan fingerprint density at radius 1 is 1.50 bits per heavy atom. The van der Waals surface area contributed by atoms with Gasteiger partial charge in [0.1, 0.15) is 5.76 Å². The van der Waals surface area contributed by atoms with Crippen LogP contribution in [0.4, 0.5) is 0 Å². The summed E-state index contributed by atoms with van der Waals surface area (Å²) in [7, 11) is 0. The minimum Gasteiger partial charge on any atom is -0.391 e. The molecule has 1 aliphatic rings. The number of rotatable bonds is 4. The number of hydrogen-bond acceptors (Lipinski definition) is 5. The normalized spacial score (nSPS) is 21.5. The topological polar surface area (TPSA) is 66.6 Å². The molecule has 0 radical (unpaired) electrons. The molecule has 1 fully saturated rings. The van der Waals surface area contributed by atoms with Crippen LogP contribution in [0.1, 0.15) is 32.9 Å². The van der Waals surface area contributed by atoms with Gasteiger partial charge in [-0.2, -0.15) is 0 Å². The van der Waals surface area contributed by atoms with E-state index in [-0.39, 0.29) is 11.8 Å². The van der Waals surface area contributed by atoms with Crippen molar-refractivity contribution in [2.75, 3.05) is 13.1 Å². The van der Waals surface area contributed by atoms with Gasteiger partial charge in [0.25, 0.3) is 5.91 Å². The van der Waals surface area contributed by atoms with Crippen LogP contribution in [0.3, 0.4) is 0 Å². The molecule has 2 aromatic heterocycles. The first-order valence-electron chi connectivity index (χ1n) is 7.55. The Kier molecular flexibility index (Phi) is 4.31. The monoisotopic (exact) mass is 320 g/mol. The van der Waals surface area contributed by atoms with E-state index < -0.39 is 6.10 Å². The molecular weight excluding hydrogens is 300 g/mol. The van der Waals surface area contributed by atoms with Crippen LogP contribution in [-0.2, 0) is 12.8 Å². The predicted octanol–water partition coefficient (Wildman–Crippen LogP) is 2.28. The van der Waals surface area contributed by atoms with Gasteiger partial charge in [-0.3, -0.25) is 4.79 Å². The third kappa shape index (κ3) is 3.08. The highest BCUT2D eigenvalue weighted by atomic mass is 32.1. The van der Waals surface area contributed by atoms with E-state index in [4.69, 9.17) is 4.52 Å². The van der Waals surface area contributed by atoms with E-state index >= 15 is 0 Å². The molecule has 3 rings (SSSR count). The zero-order valence-corrected chi connectivity index (χ0v) is 13.6. The molecule has 22 heavy (non-hydrogen) atoms. The van der Waals surface area contributed by atoms with E-state index in [9.17, 15) is 9.90 Å². The molecule has 2 atom stereocenters. The number of nitrogens with zero attached hydrogens (tertiary/aromatic N) is 2. The molecule has 1 saturated heterocycles. The first-order chi connectivity index (χ1) is 10.6. The fourth-order valence-electron chi connectivity index (χ4n) is 2.83. The summed E-state index contributed by atoms with van der Waals surface area (Å²) in [6, 6.07) is 5.76. The van der Waals surface area contributed by atoms with Gasteiger partial charge in [-0.25, -0.2) is 0 Å². The number of aliphatic hydroxyl groups is 1. The van der Waals surface area contributed by atoms with Crippen LogP contribution in [0, 0.1) is 12.8 Å². The second-order valence-corrected chi connectivity index (χ2v) is 6.96. The first kappa shape index (κ1) is 15.2. The highest BCUT2D eigenvalue weighted by Gasteiger charge is 2.35. The molecule has 0 saturated carbocycles. The number of amides is 1. The Bertz CT molecular complexity index is 664. The molecule has 0 spiro atoms. The highest BCUT2D eigenvalue weighted by molar-refractivity contribution is 7.14. The van der Waals surface area contributed by atoms with Crippen molar-refractivity contribution in [2.45, 2.75) is 32.8 Å². The number of hydrogen-bond donors (Lipinski definition) is 1. The van der Waals surface area contributed by atoms with Crippen LogP contribution in [0.25, 0.3) is 0 Å². The Hall–Kier alpha value is -1.66. The van der Waals surface area contributed by atoms with E-state index in [0.717, 1.165) is 22.8 Å². The molecule has 1 N–H and O–H groups in total. The van der Waals surface area contributed by atoms with Crippen LogP contribution >= 0.6 is 11.3 Å². The zero-order valence-electron chi connectivity index (χ0n) is 12.8. The van der Waals surface area contributed by atoms with Crippen LogP contribution < -0.4 is 0 Å². The third-order valence-corrected chi connectivity index (χ3v) is 5.27. The van der Waals surface area contributed by atoms with Crippen molar-refractivity contribution in [3.05, 3.63) is 39.4 Å². The van der Waals surface area contributed by atoms with Crippen molar-refractivity contribution >= 4 is 17.2 Å². The summed E-state index contributed by atoms with van der Waals surface area (Å²) >= 11 is 1.54. The molecule has 0 bridgehead atoms. The lowest BCUT2D eigenvalue weighted by atomic mass is 10.0. The molecule has 5 nitrogen and oxygen atoms in total. The lowest BCUT2D eigenvalue weighted by Gasteiger charge is -2.14. The smallest absolute Gasteiger partial charge is 0.264 e. The first-order valence-corrected chi connectivity index (χ1v) is 8.36. The molecule has 0 aliphatic carbocycles. The lowest BCUT2D eigenvalue weighted by Crippen LogP contribution is -2.28. The largest absolute Gasteiger partial charge is 0.391 e. The fourth-order valence-corrected chi connectivity index (χ4v) is 3.75. The van der Waals surface area contributed by atoms with Crippen LogP contribution in [-0.4, -0.2) is 40.3 Å². The molecular formula is C16H20N2O3S. The van der Waals surface area contributed by atoms with E-state index in [2.05, 4.69) is 12.1 Å². The molecule has 6 heteroatoms. The van der Waals surface area contributed by atoms with Gasteiger partial charge in [0.05, 0.1) is 16.7 Å². The number of carbonyl (C=O) groups excluding carboxylic acids is 1. The minimum absolute atomic E-state index is 0.00177. The molecule has 0 aromatic carbocycles. The van der Waals surface area contributed by atoms with Crippen molar-refractivity contribution in [2.24, 2.45) is 5.92 Å². The van der Waals surface area contributed by atoms with Gasteiger partial charge in [0, 0.05) is 36.4 Å². The van der Waals surface area contributed by atoms with Gasteiger partial charge in [0.2, 0.25) is 0 Å². The Balaban J connectivity index is 1.65. The van der Waals surface area contributed by atoms with Crippen LogP contribution in [0.2, 0.25) is 0 Å². The Morgan fingerprint density at radius 3 is 2.95 bits per heavy atom. The number of β-amino-alcohol motifs (C(OH)–C–C–N with tert-alkyl or cyclic N) is 1. The quantitative estimate of drug-likeness (QED) is 0.938. The van der Waals surface area contributed by atoms with E-state index in [1.165, 1.54) is 16.2 Å². The van der Waals surface area contributed by atoms with Gasteiger partial charge in [0.15, 0.2) is 0 Å². The molecule has 0 unspecified atom stereocenters. The number of carbonyl (C=O) groups is 1. The van der Waals surface area contributed by atoms with Gasteiger partial charge in [-0.15, -0.1) is 11.3 Å². The summed E-state index contributed by atoms with van der Waals surface area (Å²) in [6.45, 7) is 4.89. The average molecular weight is 320 g/mol. The number of thiophene rings is 1. The summed E-state index contributed by atoms with van der Waals surface area (Å²) < 4.78 is 5.21. The Morgan fingerprint density at radius 2 is 2.32 bits per heavy atom.